The Kier molecular flexibility index (Phi) is 5.64. The fraction of sp³-hybridized carbons (Fsp3) is 0.0870. The van der Waals surface area contributed by atoms with E-state index in [0.29, 0.717) is 26.4 Å². The second kappa shape index (κ2) is 8.76. The van der Waals surface area contributed by atoms with Crippen LogP contribution < -0.4 is 5.56 Å². The van der Waals surface area contributed by atoms with Crippen LogP contribution in [0.5, 0.6) is 0 Å². The number of hydrogen-bond donors (Lipinski definition) is 0. The van der Waals surface area contributed by atoms with E-state index >= 15 is 0 Å². The van der Waals surface area contributed by atoms with Gasteiger partial charge in [0.2, 0.25) is 0 Å². The first kappa shape index (κ1) is 21.9. The highest BCUT2D eigenvalue weighted by Crippen LogP contribution is 2.36. The molecule has 3 aromatic heterocycles. The Balaban J connectivity index is 1.37. The van der Waals surface area contributed by atoms with Crippen molar-refractivity contribution in [3.63, 3.8) is 0 Å². The number of hydrogen-bond acceptors (Lipinski definition) is 8. The Hall–Kier alpha value is -3.96. The standard InChI is InChI=1S/C23H17N5O4S2/c1-14-21(22(29)27(26(14)2)15-6-4-3-5-7-15)24-13-17-9-11-20(32-17)34-23-25-18-10-8-16(28(30)31)12-19(18)33-23/h3-13H,1-2H3. The number of thiazole rings is 1. The van der Waals surface area contributed by atoms with Crippen LogP contribution >= 0.6 is 23.1 Å². The van der Waals surface area contributed by atoms with Crippen molar-refractivity contribution >= 4 is 50.9 Å². The molecule has 2 aromatic carbocycles. The molecule has 0 saturated heterocycles. The van der Waals surface area contributed by atoms with Crippen molar-refractivity contribution in [3.05, 3.63) is 92.6 Å². The molecule has 0 amide bonds. The van der Waals surface area contributed by atoms with Gasteiger partial charge in [-0.25, -0.2) is 14.7 Å². The normalized spacial score (nSPS) is 11.6. The van der Waals surface area contributed by atoms with Gasteiger partial charge in [0.25, 0.3) is 11.2 Å². The first-order valence-corrected chi connectivity index (χ1v) is 11.7. The molecule has 0 saturated carbocycles. The van der Waals surface area contributed by atoms with Gasteiger partial charge in [-0.1, -0.05) is 18.2 Å². The highest BCUT2D eigenvalue weighted by molar-refractivity contribution is 8.01. The lowest BCUT2D eigenvalue weighted by Gasteiger charge is -2.07. The summed E-state index contributed by atoms with van der Waals surface area (Å²) in [5.74, 6) is 0.494. The van der Waals surface area contributed by atoms with Crippen LogP contribution in [0, 0.1) is 17.0 Å². The summed E-state index contributed by atoms with van der Waals surface area (Å²) < 4.78 is 10.6. The lowest BCUT2D eigenvalue weighted by molar-refractivity contribution is -0.384. The Morgan fingerprint density at radius 2 is 1.97 bits per heavy atom. The lowest BCUT2D eigenvalue weighted by atomic mass is 10.3. The largest absolute Gasteiger partial charge is 0.448 e. The maximum absolute atomic E-state index is 13.0. The maximum Gasteiger partial charge on any atom is 0.297 e. The van der Waals surface area contributed by atoms with Crippen molar-refractivity contribution in [1.82, 2.24) is 14.3 Å². The van der Waals surface area contributed by atoms with Crippen LogP contribution in [0.2, 0.25) is 0 Å². The molecular formula is C23H17N5O4S2. The summed E-state index contributed by atoms with van der Waals surface area (Å²) in [6.07, 6.45) is 1.52. The van der Waals surface area contributed by atoms with Gasteiger partial charge in [0, 0.05) is 19.2 Å². The molecule has 0 aliphatic heterocycles. The number of nitrogens with zero attached hydrogens (tertiary/aromatic N) is 5. The van der Waals surface area contributed by atoms with E-state index in [2.05, 4.69) is 9.98 Å². The van der Waals surface area contributed by atoms with Gasteiger partial charge < -0.3 is 4.42 Å². The molecule has 5 aromatic rings. The van der Waals surface area contributed by atoms with Gasteiger partial charge in [0.05, 0.1) is 32.7 Å². The van der Waals surface area contributed by atoms with Crippen LogP contribution in [0.3, 0.4) is 0 Å². The van der Waals surface area contributed by atoms with E-state index < -0.39 is 4.92 Å². The molecule has 34 heavy (non-hydrogen) atoms. The molecule has 0 aliphatic carbocycles. The molecular weight excluding hydrogens is 474 g/mol. The van der Waals surface area contributed by atoms with Crippen molar-refractivity contribution in [3.8, 4) is 5.69 Å². The highest BCUT2D eigenvalue weighted by atomic mass is 32.2. The first-order valence-electron chi connectivity index (χ1n) is 10.1. The van der Waals surface area contributed by atoms with Crippen molar-refractivity contribution in [2.24, 2.45) is 12.0 Å². The molecule has 170 valence electrons. The molecule has 0 bridgehead atoms. The molecule has 0 N–H and O–H groups in total. The van der Waals surface area contributed by atoms with Crippen molar-refractivity contribution in [2.45, 2.75) is 16.4 Å². The smallest absolute Gasteiger partial charge is 0.297 e. The van der Waals surface area contributed by atoms with Gasteiger partial charge in [0.1, 0.15) is 5.76 Å². The van der Waals surface area contributed by atoms with E-state index in [-0.39, 0.29) is 11.2 Å². The monoisotopic (exact) mass is 491 g/mol. The second-order valence-electron chi connectivity index (χ2n) is 7.32. The summed E-state index contributed by atoms with van der Waals surface area (Å²) in [5, 5.41) is 11.6. The summed E-state index contributed by atoms with van der Waals surface area (Å²) in [7, 11) is 1.82. The van der Waals surface area contributed by atoms with Gasteiger partial charge in [-0.3, -0.25) is 19.6 Å². The number of benzene rings is 2. The molecule has 5 rings (SSSR count). The predicted octanol–water partition coefficient (Wildman–Crippen LogP) is 5.50. The van der Waals surface area contributed by atoms with Crippen molar-refractivity contribution < 1.29 is 9.34 Å². The minimum atomic E-state index is -0.423. The van der Waals surface area contributed by atoms with Gasteiger partial charge in [-0.2, -0.15) is 0 Å². The molecule has 3 heterocycles. The fourth-order valence-corrected chi connectivity index (χ4v) is 5.43. The van der Waals surface area contributed by atoms with Crippen molar-refractivity contribution in [1.29, 1.82) is 0 Å². The van der Waals surface area contributed by atoms with Gasteiger partial charge in [-0.05, 0) is 49.0 Å². The zero-order valence-electron chi connectivity index (χ0n) is 18.0. The summed E-state index contributed by atoms with van der Waals surface area (Å²) in [5.41, 5.74) is 2.34. The molecule has 0 aliphatic rings. The number of non-ortho nitro benzene ring substituents is 1. The third-order valence-corrected chi connectivity index (χ3v) is 7.20. The molecule has 9 nitrogen and oxygen atoms in total. The van der Waals surface area contributed by atoms with Gasteiger partial charge >= 0.3 is 0 Å². The number of rotatable bonds is 6. The van der Waals surface area contributed by atoms with Crippen LogP contribution in [0.15, 0.2) is 84.3 Å². The predicted molar refractivity (Wildman–Crippen MR) is 132 cm³/mol. The molecule has 0 radical (unpaired) electrons. The van der Waals surface area contributed by atoms with E-state index in [0.717, 1.165) is 16.1 Å². The van der Waals surface area contributed by atoms with E-state index in [1.165, 1.54) is 41.4 Å². The topological polar surface area (TPSA) is 108 Å². The second-order valence-corrected chi connectivity index (χ2v) is 9.60. The number of para-hydroxylation sites is 1. The third-order valence-electron chi connectivity index (χ3n) is 5.20. The van der Waals surface area contributed by atoms with Crippen LogP contribution in [0.1, 0.15) is 11.5 Å². The Morgan fingerprint density at radius 3 is 2.74 bits per heavy atom. The lowest BCUT2D eigenvalue weighted by Crippen LogP contribution is -2.19. The zero-order valence-corrected chi connectivity index (χ0v) is 19.7. The third kappa shape index (κ3) is 4.06. The van der Waals surface area contributed by atoms with Gasteiger partial charge in [-0.15, -0.1) is 11.3 Å². The zero-order chi connectivity index (χ0) is 23.8. The van der Waals surface area contributed by atoms with Crippen molar-refractivity contribution in [2.75, 3.05) is 0 Å². The summed E-state index contributed by atoms with van der Waals surface area (Å²) >= 11 is 2.68. The number of fused-ring (bicyclic) bond motifs is 1. The number of aromatic nitrogens is 3. The van der Waals surface area contributed by atoms with E-state index in [1.54, 1.807) is 27.6 Å². The molecule has 0 fully saturated rings. The molecule has 0 atom stereocenters. The fourth-order valence-electron chi connectivity index (χ4n) is 3.43. The van der Waals surface area contributed by atoms with Crippen LogP contribution in [-0.2, 0) is 7.05 Å². The summed E-state index contributed by atoms with van der Waals surface area (Å²) in [4.78, 5) is 32.4. The average molecular weight is 492 g/mol. The van der Waals surface area contributed by atoms with Crippen LogP contribution in [0.25, 0.3) is 15.9 Å². The minimum Gasteiger partial charge on any atom is -0.448 e. The highest BCUT2D eigenvalue weighted by Gasteiger charge is 2.16. The van der Waals surface area contributed by atoms with E-state index in [1.807, 2.05) is 44.3 Å². The maximum atomic E-state index is 13.0. The number of aliphatic imine (C=N–C) groups is 1. The van der Waals surface area contributed by atoms with Gasteiger partial charge in [0.15, 0.2) is 15.1 Å². The first-order chi connectivity index (χ1) is 16.4. The SMILES string of the molecule is Cc1c(N=Cc2ccc(Sc3nc4ccc([N+](=O)[O-])cc4s3)o2)c(=O)n(-c2ccccc2)n1C. The van der Waals surface area contributed by atoms with E-state index in [9.17, 15) is 14.9 Å². The minimum absolute atomic E-state index is 0.0340. The Labute approximate surface area is 201 Å². The molecule has 11 heteroatoms. The molecule has 0 unspecified atom stereocenters. The molecule has 0 spiro atoms. The number of nitro groups is 1. The Morgan fingerprint density at radius 1 is 1.18 bits per heavy atom. The summed E-state index contributed by atoms with van der Waals surface area (Å²) in [6, 6.07) is 17.5. The van der Waals surface area contributed by atoms with Crippen LogP contribution in [0.4, 0.5) is 11.4 Å². The number of furan rings is 1. The summed E-state index contributed by atoms with van der Waals surface area (Å²) in [6.45, 7) is 1.84. The van der Waals surface area contributed by atoms with Crippen LogP contribution in [-0.4, -0.2) is 25.5 Å². The average Bonchev–Trinajstić information content (AvgIpc) is 3.50. The Bertz CT molecular complexity index is 1610. The number of nitro benzene ring substituents is 1. The quantitative estimate of drug-likeness (QED) is 0.176. The van der Waals surface area contributed by atoms with E-state index in [4.69, 9.17) is 4.42 Å².